The van der Waals surface area contributed by atoms with Gasteiger partial charge < -0.3 is 11.1 Å². The molecule has 0 unspecified atom stereocenters. The van der Waals surface area contributed by atoms with E-state index < -0.39 is 15.9 Å². The molecule has 0 radical (unpaired) electrons. The van der Waals surface area contributed by atoms with Gasteiger partial charge in [-0.05, 0) is 61.0 Å². The first-order valence-electron chi connectivity index (χ1n) is 11.3. The number of sulfonamides is 1. The van der Waals surface area contributed by atoms with Crippen molar-refractivity contribution in [2.75, 3.05) is 31.5 Å². The van der Waals surface area contributed by atoms with Gasteiger partial charge in [0.25, 0.3) is 5.91 Å². The fraction of sp³-hybridized carbons (Fsp3) is 0.231. The Balaban J connectivity index is 1.35. The second kappa shape index (κ2) is 10.4. The highest BCUT2D eigenvalue weighted by molar-refractivity contribution is 7.89. The maximum Gasteiger partial charge on any atom is 0.255 e. The van der Waals surface area contributed by atoms with E-state index in [1.807, 2.05) is 37.3 Å². The van der Waals surface area contributed by atoms with Gasteiger partial charge in [-0.1, -0.05) is 29.8 Å². The minimum atomic E-state index is -3.50. The molecule has 4 rings (SSSR count). The molecule has 3 aromatic rings. The Hall–Kier alpha value is -3.53. The molecule has 1 aliphatic rings. The summed E-state index contributed by atoms with van der Waals surface area (Å²) >= 11 is 0. The zero-order valence-electron chi connectivity index (χ0n) is 19.5. The molecule has 182 valence electrons. The van der Waals surface area contributed by atoms with Gasteiger partial charge >= 0.3 is 0 Å². The van der Waals surface area contributed by atoms with Gasteiger partial charge in [0.1, 0.15) is 0 Å². The number of nitrogens with two attached hydrogens (primary N) is 1. The summed E-state index contributed by atoms with van der Waals surface area (Å²) in [5.41, 5.74) is 8.69. The van der Waals surface area contributed by atoms with E-state index in [4.69, 9.17) is 5.73 Å². The number of aryl methyl sites for hydroxylation is 1. The largest absolute Gasteiger partial charge is 0.366 e. The Morgan fingerprint density at radius 3 is 2.17 bits per heavy atom. The minimum absolute atomic E-state index is 0.257. The fourth-order valence-electron chi connectivity index (χ4n) is 3.98. The number of nitrogens with one attached hydrogen (secondary N) is 1. The molecule has 35 heavy (non-hydrogen) atoms. The van der Waals surface area contributed by atoms with E-state index in [0.717, 1.165) is 11.1 Å². The Morgan fingerprint density at radius 1 is 0.886 bits per heavy atom. The summed E-state index contributed by atoms with van der Waals surface area (Å²) in [6.45, 7) is 4.58. The fourth-order valence-corrected chi connectivity index (χ4v) is 5.40. The lowest BCUT2D eigenvalue weighted by molar-refractivity contribution is 0.0998. The average molecular weight is 493 g/mol. The Bertz CT molecular complexity index is 1310. The third kappa shape index (κ3) is 5.94. The van der Waals surface area contributed by atoms with Gasteiger partial charge in [0.05, 0.1) is 4.90 Å². The molecule has 8 nitrogen and oxygen atoms in total. The normalized spacial score (nSPS) is 15.0. The van der Waals surface area contributed by atoms with Gasteiger partial charge in [-0.25, -0.2) is 8.42 Å². The van der Waals surface area contributed by atoms with Crippen LogP contribution in [0.5, 0.6) is 0 Å². The van der Waals surface area contributed by atoms with E-state index in [1.165, 1.54) is 4.31 Å². The van der Waals surface area contributed by atoms with E-state index in [0.29, 0.717) is 54.4 Å². The zero-order chi connectivity index (χ0) is 25.0. The molecule has 3 N–H and O–H groups in total. The second-order valence-corrected chi connectivity index (χ2v) is 10.5. The van der Waals surface area contributed by atoms with Crippen molar-refractivity contribution in [3.63, 3.8) is 0 Å². The van der Waals surface area contributed by atoms with Crippen LogP contribution in [0.4, 0.5) is 5.69 Å². The molecule has 0 aliphatic carbocycles. The van der Waals surface area contributed by atoms with Gasteiger partial charge in [-0.3, -0.25) is 14.5 Å². The topological polar surface area (TPSA) is 113 Å². The summed E-state index contributed by atoms with van der Waals surface area (Å²) in [6.07, 6.45) is 0. The number of amides is 2. The molecule has 9 heteroatoms. The van der Waals surface area contributed by atoms with Crippen molar-refractivity contribution < 1.29 is 18.0 Å². The van der Waals surface area contributed by atoms with Crippen LogP contribution in [-0.2, 0) is 16.6 Å². The lowest BCUT2D eigenvalue weighted by atomic mass is 10.1. The number of hydrogen-bond donors (Lipinski definition) is 2. The average Bonchev–Trinajstić information content (AvgIpc) is 2.85. The van der Waals surface area contributed by atoms with Crippen molar-refractivity contribution in [1.29, 1.82) is 0 Å². The van der Waals surface area contributed by atoms with Crippen LogP contribution in [0.1, 0.15) is 31.8 Å². The van der Waals surface area contributed by atoms with E-state index in [2.05, 4.69) is 10.2 Å². The van der Waals surface area contributed by atoms with Crippen LogP contribution in [-0.4, -0.2) is 55.6 Å². The molecule has 3 aromatic carbocycles. The highest BCUT2D eigenvalue weighted by Gasteiger charge is 2.28. The Labute approximate surface area is 205 Å². The maximum absolute atomic E-state index is 12.9. The van der Waals surface area contributed by atoms with Crippen molar-refractivity contribution in [2.24, 2.45) is 5.73 Å². The van der Waals surface area contributed by atoms with Crippen LogP contribution < -0.4 is 11.1 Å². The van der Waals surface area contributed by atoms with Gasteiger partial charge in [0.2, 0.25) is 15.9 Å². The lowest BCUT2D eigenvalue weighted by Gasteiger charge is -2.34. The van der Waals surface area contributed by atoms with Crippen LogP contribution in [0.3, 0.4) is 0 Å². The van der Waals surface area contributed by atoms with Crippen LogP contribution in [0.25, 0.3) is 0 Å². The Morgan fingerprint density at radius 2 is 1.54 bits per heavy atom. The van der Waals surface area contributed by atoms with Gasteiger partial charge in [0, 0.05) is 49.5 Å². The zero-order valence-corrected chi connectivity index (χ0v) is 20.3. The molecular weight excluding hydrogens is 464 g/mol. The number of anilines is 1. The van der Waals surface area contributed by atoms with Crippen molar-refractivity contribution in [1.82, 2.24) is 9.21 Å². The second-order valence-electron chi connectivity index (χ2n) is 8.59. The van der Waals surface area contributed by atoms with Gasteiger partial charge in [-0.2, -0.15) is 4.31 Å². The summed E-state index contributed by atoms with van der Waals surface area (Å²) < 4.78 is 27.4. The lowest BCUT2D eigenvalue weighted by Crippen LogP contribution is -2.48. The maximum atomic E-state index is 12.9. The van der Waals surface area contributed by atoms with Crippen molar-refractivity contribution in [3.8, 4) is 0 Å². The molecule has 0 saturated carbocycles. The predicted octanol–water partition coefficient (Wildman–Crippen LogP) is 2.85. The smallest absolute Gasteiger partial charge is 0.255 e. The summed E-state index contributed by atoms with van der Waals surface area (Å²) in [5.74, 6) is -0.781. The molecule has 1 aliphatic heterocycles. The highest BCUT2D eigenvalue weighted by Crippen LogP contribution is 2.19. The first kappa shape index (κ1) is 24.6. The van der Waals surface area contributed by atoms with Crippen molar-refractivity contribution >= 4 is 27.5 Å². The van der Waals surface area contributed by atoms with Crippen molar-refractivity contribution in [3.05, 3.63) is 95.1 Å². The number of rotatable bonds is 7. The number of carbonyl (C=O) groups is 2. The molecule has 1 saturated heterocycles. The van der Waals surface area contributed by atoms with E-state index >= 15 is 0 Å². The van der Waals surface area contributed by atoms with Crippen LogP contribution in [0.2, 0.25) is 0 Å². The third-order valence-corrected chi connectivity index (χ3v) is 7.93. The van der Waals surface area contributed by atoms with E-state index in [-0.39, 0.29) is 5.91 Å². The van der Waals surface area contributed by atoms with Gasteiger partial charge in [0.15, 0.2) is 0 Å². The molecule has 0 spiro atoms. The van der Waals surface area contributed by atoms with E-state index in [1.54, 1.807) is 42.5 Å². The summed E-state index contributed by atoms with van der Waals surface area (Å²) in [5, 5.41) is 2.82. The molecule has 1 heterocycles. The molecule has 0 bridgehead atoms. The molecular formula is C26H28N4O4S. The quantitative estimate of drug-likeness (QED) is 0.527. The first-order valence-corrected chi connectivity index (χ1v) is 12.8. The minimum Gasteiger partial charge on any atom is -0.366 e. The standard InChI is InChI=1S/C26H28N4O4S/c1-19-5-11-24(12-6-19)35(33,34)30-15-13-29(14-16-30)18-20-3-2-4-22(17-20)26(32)28-23-9-7-21(8-10-23)25(27)31/h2-12,17H,13-16,18H2,1H3,(H2,27,31)(H,28,32). The summed E-state index contributed by atoms with van der Waals surface area (Å²) in [4.78, 5) is 26.4. The molecule has 1 fully saturated rings. The number of carbonyl (C=O) groups excluding carboxylic acids is 2. The molecule has 0 atom stereocenters. The monoisotopic (exact) mass is 492 g/mol. The Kier molecular flexibility index (Phi) is 7.30. The van der Waals surface area contributed by atoms with Crippen LogP contribution in [0.15, 0.2) is 77.7 Å². The number of benzene rings is 3. The summed E-state index contributed by atoms with van der Waals surface area (Å²) in [6, 6.07) is 20.7. The predicted molar refractivity (Wildman–Crippen MR) is 135 cm³/mol. The van der Waals surface area contributed by atoms with Crippen LogP contribution in [0, 0.1) is 6.92 Å². The SMILES string of the molecule is Cc1ccc(S(=O)(=O)N2CCN(Cc3cccc(C(=O)Nc4ccc(C(N)=O)cc4)c3)CC2)cc1. The molecule has 2 amide bonds. The summed E-state index contributed by atoms with van der Waals surface area (Å²) in [7, 11) is -3.50. The number of primary amides is 1. The van der Waals surface area contributed by atoms with E-state index in [9.17, 15) is 18.0 Å². The number of hydrogen-bond acceptors (Lipinski definition) is 5. The van der Waals surface area contributed by atoms with Crippen molar-refractivity contribution in [2.45, 2.75) is 18.4 Å². The number of nitrogens with zero attached hydrogens (tertiary/aromatic N) is 2. The first-order chi connectivity index (χ1) is 16.7. The van der Waals surface area contributed by atoms with Gasteiger partial charge in [-0.15, -0.1) is 0 Å². The number of piperazine rings is 1. The highest BCUT2D eigenvalue weighted by atomic mass is 32.2. The third-order valence-electron chi connectivity index (χ3n) is 6.01. The van der Waals surface area contributed by atoms with Crippen LogP contribution >= 0.6 is 0 Å². The molecule has 0 aromatic heterocycles.